The van der Waals surface area contributed by atoms with Crippen molar-refractivity contribution < 1.29 is 0 Å². The van der Waals surface area contributed by atoms with Crippen LogP contribution in [0.5, 0.6) is 0 Å². The zero-order valence-electron chi connectivity index (χ0n) is 10.2. The fraction of sp³-hybridized carbons (Fsp3) is 0.308. The van der Waals surface area contributed by atoms with Crippen LogP contribution in [0.2, 0.25) is 0 Å². The van der Waals surface area contributed by atoms with Crippen LogP contribution in [0, 0.1) is 13.8 Å². The molecule has 2 N–H and O–H groups in total. The lowest BCUT2D eigenvalue weighted by Gasteiger charge is -2.16. The van der Waals surface area contributed by atoms with E-state index in [2.05, 4.69) is 53.1 Å². The van der Waals surface area contributed by atoms with E-state index in [1.807, 2.05) is 11.7 Å². The Morgan fingerprint density at radius 2 is 2.06 bits per heavy atom. The van der Waals surface area contributed by atoms with Gasteiger partial charge in [0.2, 0.25) is 0 Å². The highest BCUT2D eigenvalue weighted by Crippen LogP contribution is 2.28. The molecule has 0 fully saturated rings. The molecule has 3 nitrogen and oxygen atoms in total. The lowest BCUT2D eigenvalue weighted by molar-refractivity contribution is 0.669. The lowest BCUT2D eigenvalue weighted by Crippen LogP contribution is -2.17. The molecule has 90 valence electrons. The summed E-state index contributed by atoms with van der Waals surface area (Å²) >= 11 is 3.49. The Kier molecular flexibility index (Phi) is 3.35. The van der Waals surface area contributed by atoms with Gasteiger partial charge in [-0.1, -0.05) is 23.8 Å². The van der Waals surface area contributed by atoms with Crippen LogP contribution in [0.4, 0.5) is 0 Å². The number of nitrogens with two attached hydrogens (primary N) is 1. The summed E-state index contributed by atoms with van der Waals surface area (Å²) in [5.41, 5.74) is 10.9. The average Bonchev–Trinajstić information content (AvgIpc) is 2.58. The van der Waals surface area contributed by atoms with E-state index in [9.17, 15) is 0 Å². The molecule has 0 saturated heterocycles. The van der Waals surface area contributed by atoms with Crippen LogP contribution in [-0.4, -0.2) is 9.78 Å². The Bertz CT molecular complexity index is 526. The number of benzene rings is 1. The summed E-state index contributed by atoms with van der Waals surface area (Å²) in [7, 11) is 1.91. The van der Waals surface area contributed by atoms with Crippen LogP contribution < -0.4 is 5.73 Å². The Balaban J connectivity index is 2.47. The van der Waals surface area contributed by atoms with Crippen LogP contribution in [0.25, 0.3) is 0 Å². The summed E-state index contributed by atoms with van der Waals surface area (Å²) < 4.78 is 2.76. The Morgan fingerprint density at radius 3 is 2.59 bits per heavy atom. The Labute approximate surface area is 110 Å². The van der Waals surface area contributed by atoms with E-state index in [-0.39, 0.29) is 6.04 Å². The van der Waals surface area contributed by atoms with Gasteiger partial charge in [-0.15, -0.1) is 0 Å². The molecule has 0 aliphatic rings. The molecule has 0 bridgehead atoms. The Hall–Kier alpha value is -1.13. The second kappa shape index (κ2) is 4.63. The predicted molar refractivity (Wildman–Crippen MR) is 72.9 cm³/mol. The van der Waals surface area contributed by atoms with Crippen LogP contribution in [0.3, 0.4) is 0 Å². The second-order valence-electron chi connectivity index (χ2n) is 4.34. The van der Waals surface area contributed by atoms with Gasteiger partial charge in [0, 0.05) is 7.05 Å². The molecule has 17 heavy (non-hydrogen) atoms. The summed E-state index contributed by atoms with van der Waals surface area (Å²) in [5, 5.41) is 4.20. The largest absolute Gasteiger partial charge is 0.319 e. The number of rotatable bonds is 2. The van der Waals surface area contributed by atoms with E-state index in [0.717, 1.165) is 15.7 Å². The second-order valence-corrected chi connectivity index (χ2v) is 5.19. The average molecular weight is 294 g/mol. The minimum absolute atomic E-state index is 0.155. The molecule has 1 aromatic carbocycles. The number of hydrogen-bond donors (Lipinski definition) is 1. The Morgan fingerprint density at radius 1 is 1.35 bits per heavy atom. The minimum Gasteiger partial charge on any atom is -0.319 e. The van der Waals surface area contributed by atoms with Crippen molar-refractivity contribution in [3.63, 3.8) is 0 Å². The molecule has 2 aromatic rings. The lowest BCUT2D eigenvalue weighted by atomic mass is 9.98. The molecule has 2 rings (SSSR count). The highest BCUT2D eigenvalue weighted by atomic mass is 79.9. The van der Waals surface area contributed by atoms with E-state index in [0.29, 0.717) is 0 Å². The topological polar surface area (TPSA) is 43.8 Å². The van der Waals surface area contributed by atoms with Crippen LogP contribution in [-0.2, 0) is 7.05 Å². The quantitative estimate of drug-likeness (QED) is 0.925. The molecule has 1 aromatic heterocycles. The molecule has 0 aliphatic heterocycles. The molecule has 0 amide bonds. The molecular weight excluding hydrogens is 278 g/mol. The van der Waals surface area contributed by atoms with E-state index in [1.54, 1.807) is 6.20 Å². The van der Waals surface area contributed by atoms with Crippen molar-refractivity contribution in [1.29, 1.82) is 0 Å². The molecule has 4 heteroatoms. The minimum atomic E-state index is -0.155. The number of aryl methyl sites for hydroxylation is 3. The van der Waals surface area contributed by atoms with Crippen molar-refractivity contribution >= 4 is 15.9 Å². The summed E-state index contributed by atoms with van der Waals surface area (Å²) in [5.74, 6) is 0. The molecule has 1 unspecified atom stereocenters. The van der Waals surface area contributed by atoms with Gasteiger partial charge in [-0.2, -0.15) is 5.10 Å². The predicted octanol–water partition coefficient (Wildman–Crippen LogP) is 2.85. The van der Waals surface area contributed by atoms with E-state index >= 15 is 0 Å². The summed E-state index contributed by atoms with van der Waals surface area (Å²) in [6, 6.07) is 6.18. The van der Waals surface area contributed by atoms with E-state index < -0.39 is 0 Å². The van der Waals surface area contributed by atoms with Gasteiger partial charge in [0.1, 0.15) is 0 Å². The maximum absolute atomic E-state index is 6.32. The SMILES string of the molecule is Cc1ccc(C(N)c2c(Br)cnn2C)c(C)c1. The normalized spacial score (nSPS) is 12.8. The summed E-state index contributed by atoms with van der Waals surface area (Å²) in [6.07, 6.45) is 1.78. The van der Waals surface area contributed by atoms with Gasteiger partial charge in [-0.25, -0.2) is 0 Å². The van der Waals surface area contributed by atoms with Crippen molar-refractivity contribution in [2.75, 3.05) is 0 Å². The smallest absolute Gasteiger partial charge is 0.0737 e. The van der Waals surface area contributed by atoms with Crippen LogP contribution >= 0.6 is 15.9 Å². The highest BCUT2D eigenvalue weighted by molar-refractivity contribution is 9.10. The van der Waals surface area contributed by atoms with Gasteiger partial charge < -0.3 is 5.73 Å². The number of hydrogen-bond acceptors (Lipinski definition) is 2. The van der Waals surface area contributed by atoms with Gasteiger partial charge in [0.15, 0.2) is 0 Å². The van der Waals surface area contributed by atoms with Crippen molar-refractivity contribution in [2.45, 2.75) is 19.9 Å². The van der Waals surface area contributed by atoms with Crippen molar-refractivity contribution in [3.05, 3.63) is 51.3 Å². The van der Waals surface area contributed by atoms with Crippen molar-refractivity contribution in [2.24, 2.45) is 12.8 Å². The maximum Gasteiger partial charge on any atom is 0.0737 e. The fourth-order valence-corrected chi connectivity index (χ4v) is 2.69. The van der Waals surface area contributed by atoms with E-state index in [1.165, 1.54) is 11.1 Å². The van der Waals surface area contributed by atoms with Crippen molar-refractivity contribution in [3.8, 4) is 0 Å². The van der Waals surface area contributed by atoms with Gasteiger partial charge in [0.25, 0.3) is 0 Å². The third-order valence-electron chi connectivity index (χ3n) is 2.99. The third kappa shape index (κ3) is 2.28. The van der Waals surface area contributed by atoms with Crippen molar-refractivity contribution in [1.82, 2.24) is 9.78 Å². The first-order valence-electron chi connectivity index (χ1n) is 5.51. The first-order chi connectivity index (χ1) is 8.00. The monoisotopic (exact) mass is 293 g/mol. The molecule has 0 saturated carbocycles. The maximum atomic E-state index is 6.32. The van der Waals surface area contributed by atoms with Crippen LogP contribution in [0.15, 0.2) is 28.9 Å². The first kappa shape index (κ1) is 12.3. The number of halogens is 1. The van der Waals surface area contributed by atoms with Gasteiger partial charge in [-0.05, 0) is 40.9 Å². The highest BCUT2D eigenvalue weighted by Gasteiger charge is 2.18. The standard InChI is InChI=1S/C13H16BrN3/c1-8-4-5-10(9(2)6-8)12(15)13-11(14)7-16-17(13)3/h4-7,12H,15H2,1-3H3. The van der Waals surface area contributed by atoms with Gasteiger partial charge in [0.05, 0.1) is 22.4 Å². The fourth-order valence-electron chi connectivity index (χ4n) is 2.09. The zero-order chi connectivity index (χ0) is 12.6. The third-order valence-corrected chi connectivity index (χ3v) is 3.60. The summed E-state index contributed by atoms with van der Waals surface area (Å²) in [6.45, 7) is 4.18. The molecule has 1 atom stereocenters. The zero-order valence-corrected chi connectivity index (χ0v) is 11.8. The van der Waals surface area contributed by atoms with Crippen LogP contribution in [0.1, 0.15) is 28.4 Å². The molecule has 0 spiro atoms. The van der Waals surface area contributed by atoms with Gasteiger partial charge >= 0.3 is 0 Å². The molecule has 1 heterocycles. The molecule has 0 radical (unpaired) electrons. The molecular formula is C13H16BrN3. The number of aromatic nitrogens is 2. The van der Waals surface area contributed by atoms with E-state index in [4.69, 9.17) is 5.73 Å². The number of nitrogens with zero attached hydrogens (tertiary/aromatic N) is 2. The summed E-state index contributed by atoms with van der Waals surface area (Å²) in [4.78, 5) is 0. The molecule has 0 aliphatic carbocycles. The van der Waals surface area contributed by atoms with Gasteiger partial charge in [-0.3, -0.25) is 4.68 Å². The first-order valence-corrected chi connectivity index (χ1v) is 6.30.